The minimum atomic E-state index is -3.04. The van der Waals surface area contributed by atoms with Crippen LogP contribution in [0.25, 0.3) is 0 Å². The minimum absolute atomic E-state index is 0.0312. The normalized spacial score (nSPS) is 15.4. The third kappa shape index (κ3) is 5.14. The van der Waals surface area contributed by atoms with Crippen LogP contribution in [0.1, 0.15) is 6.42 Å². The predicted molar refractivity (Wildman–Crippen MR) is 81.9 cm³/mol. The third-order valence-electron chi connectivity index (χ3n) is 2.76. The van der Waals surface area contributed by atoms with Crippen molar-refractivity contribution in [2.45, 2.75) is 6.42 Å². The van der Waals surface area contributed by atoms with Gasteiger partial charge in [-0.2, -0.15) is 0 Å². The number of fused-ring (bicyclic) bond motifs is 1. The number of nitrogens with two attached hydrogens (primary N) is 1. The number of anilines is 1. The van der Waals surface area contributed by atoms with E-state index in [1.165, 1.54) is 0 Å². The summed E-state index contributed by atoms with van der Waals surface area (Å²) in [6, 6.07) is 5.37. The number of nitrogens with one attached hydrogen (secondary N) is 1. The Morgan fingerprint density at radius 1 is 1.33 bits per heavy atom. The fraction of sp³-hybridized carbons (Fsp3) is 0.462. The van der Waals surface area contributed by atoms with Gasteiger partial charge in [-0.25, -0.2) is 8.42 Å². The average Bonchev–Trinajstić information content (AvgIpc) is 2.61. The van der Waals surface area contributed by atoms with Gasteiger partial charge in [-0.05, 0) is 12.1 Å². The Morgan fingerprint density at radius 3 is 2.76 bits per heavy atom. The van der Waals surface area contributed by atoms with Crippen LogP contribution in [0.3, 0.4) is 0 Å². The Hall–Kier alpha value is -1.96. The van der Waals surface area contributed by atoms with Crippen molar-refractivity contribution in [3.8, 4) is 11.5 Å². The van der Waals surface area contributed by atoms with Crippen molar-refractivity contribution in [3.05, 3.63) is 18.2 Å². The van der Waals surface area contributed by atoms with Crippen molar-refractivity contribution < 1.29 is 17.9 Å². The summed E-state index contributed by atoms with van der Waals surface area (Å²) in [7, 11) is -3.04. The highest BCUT2D eigenvalue weighted by Gasteiger charge is 2.10. The molecule has 1 heterocycles. The van der Waals surface area contributed by atoms with E-state index < -0.39 is 9.84 Å². The summed E-state index contributed by atoms with van der Waals surface area (Å²) in [4.78, 5) is 3.97. The highest BCUT2D eigenvalue weighted by atomic mass is 32.2. The summed E-state index contributed by atoms with van der Waals surface area (Å²) in [5, 5.41) is 2.90. The number of benzene rings is 1. The van der Waals surface area contributed by atoms with E-state index in [2.05, 4.69) is 10.3 Å². The van der Waals surface area contributed by atoms with Crippen LogP contribution in [0.2, 0.25) is 0 Å². The van der Waals surface area contributed by atoms with Gasteiger partial charge in [0.15, 0.2) is 17.5 Å². The number of nitrogens with zero attached hydrogens (tertiary/aromatic N) is 1. The molecule has 2 rings (SSSR count). The third-order valence-corrected chi connectivity index (χ3v) is 3.69. The van der Waals surface area contributed by atoms with E-state index in [0.29, 0.717) is 30.4 Å². The fourth-order valence-electron chi connectivity index (χ4n) is 1.76. The van der Waals surface area contributed by atoms with E-state index in [-0.39, 0.29) is 18.3 Å². The van der Waals surface area contributed by atoms with Gasteiger partial charge in [0.05, 0.1) is 25.5 Å². The topological polar surface area (TPSA) is 103 Å². The van der Waals surface area contributed by atoms with Gasteiger partial charge >= 0.3 is 0 Å². The number of hydrogen-bond donors (Lipinski definition) is 2. The number of ether oxygens (including phenoxy) is 2. The Kier molecular flexibility index (Phi) is 4.89. The zero-order chi connectivity index (χ0) is 15.3. The van der Waals surface area contributed by atoms with E-state index in [1.807, 2.05) is 0 Å². The van der Waals surface area contributed by atoms with E-state index >= 15 is 0 Å². The zero-order valence-electron chi connectivity index (χ0n) is 11.8. The minimum Gasteiger partial charge on any atom is -0.490 e. The van der Waals surface area contributed by atoms with Gasteiger partial charge in [0.25, 0.3) is 0 Å². The molecule has 0 radical (unpaired) electrons. The first-order chi connectivity index (χ1) is 9.94. The van der Waals surface area contributed by atoms with Gasteiger partial charge in [-0.3, -0.25) is 4.99 Å². The van der Waals surface area contributed by atoms with E-state index in [4.69, 9.17) is 15.2 Å². The molecular weight excluding hydrogens is 294 g/mol. The zero-order valence-corrected chi connectivity index (χ0v) is 12.6. The molecule has 116 valence electrons. The lowest BCUT2D eigenvalue weighted by Crippen LogP contribution is -2.23. The first-order valence-corrected chi connectivity index (χ1v) is 8.64. The molecule has 0 bridgehead atoms. The smallest absolute Gasteiger partial charge is 0.193 e. The molecule has 3 N–H and O–H groups in total. The van der Waals surface area contributed by atoms with Crippen molar-refractivity contribution in [2.75, 3.05) is 37.1 Å². The molecule has 1 aliphatic rings. The van der Waals surface area contributed by atoms with Gasteiger partial charge in [-0.1, -0.05) is 0 Å². The maximum absolute atomic E-state index is 11.0. The number of sulfone groups is 1. The first kappa shape index (κ1) is 15.4. The standard InChI is InChI=1S/C13H19N3O4S/c1-21(17,18)8-5-15-13(14)16-10-3-4-11-12(9-10)20-7-2-6-19-11/h3-4,9H,2,5-8H2,1H3,(H3,14,15,16). The molecule has 1 aliphatic heterocycles. The predicted octanol–water partition coefficient (Wildman–Crippen LogP) is 0.619. The van der Waals surface area contributed by atoms with Crippen LogP contribution in [-0.4, -0.2) is 46.1 Å². The molecule has 0 atom stereocenters. The van der Waals surface area contributed by atoms with Crippen LogP contribution in [0.5, 0.6) is 11.5 Å². The van der Waals surface area contributed by atoms with Crippen LogP contribution in [0.15, 0.2) is 23.2 Å². The van der Waals surface area contributed by atoms with Crippen molar-refractivity contribution in [1.29, 1.82) is 0 Å². The summed E-state index contributed by atoms with van der Waals surface area (Å²) in [6.45, 7) is 1.37. The van der Waals surface area contributed by atoms with Crippen molar-refractivity contribution in [2.24, 2.45) is 10.7 Å². The largest absolute Gasteiger partial charge is 0.490 e. The van der Waals surface area contributed by atoms with Gasteiger partial charge < -0.3 is 20.5 Å². The molecule has 0 fully saturated rings. The lowest BCUT2D eigenvalue weighted by Gasteiger charge is -2.10. The lowest BCUT2D eigenvalue weighted by atomic mass is 10.3. The lowest BCUT2D eigenvalue weighted by molar-refractivity contribution is 0.297. The monoisotopic (exact) mass is 313 g/mol. The summed E-state index contributed by atoms with van der Waals surface area (Å²) in [6.07, 6.45) is 2.00. The molecule has 0 unspecified atom stereocenters. The number of aliphatic imine (C=N–C) groups is 1. The molecule has 1 aromatic carbocycles. The maximum atomic E-state index is 11.0. The van der Waals surface area contributed by atoms with Crippen LogP contribution in [0, 0.1) is 0 Å². The number of guanidine groups is 1. The maximum Gasteiger partial charge on any atom is 0.193 e. The SMILES string of the molecule is CS(=O)(=O)CCN=C(N)Nc1ccc2c(c1)OCCCO2. The second-order valence-corrected chi connectivity index (χ2v) is 6.99. The quantitative estimate of drug-likeness (QED) is 0.624. The summed E-state index contributed by atoms with van der Waals surface area (Å²) >= 11 is 0. The van der Waals surface area contributed by atoms with Crippen LogP contribution >= 0.6 is 0 Å². The molecule has 7 nitrogen and oxygen atoms in total. The Bertz CT molecular complexity index is 628. The van der Waals surface area contributed by atoms with Crippen molar-refractivity contribution in [3.63, 3.8) is 0 Å². The molecule has 0 saturated carbocycles. The highest BCUT2D eigenvalue weighted by molar-refractivity contribution is 7.90. The molecule has 21 heavy (non-hydrogen) atoms. The molecule has 0 spiro atoms. The number of hydrogen-bond acceptors (Lipinski definition) is 5. The molecule has 0 aliphatic carbocycles. The van der Waals surface area contributed by atoms with Crippen molar-refractivity contribution >= 4 is 21.5 Å². The Labute approximate surface area is 124 Å². The summed E-state index contributed by atoms with van der Waals surface area (Å²) < 4.78 is 33.1. The van der Waals surface area contributed by atoms with E-state index in [9.17, 15) is 8.42 Å². The summed E-state index contributed by atoms with van der Waals surface area (Å²) in [5.74, 6) is 1.48. The Balaban J connectivity index is 1.99. The van der Waals surface area contributed by atoms with Crippen LogP contribution < -0.4 is 20.5 Å². The first-order valence-electron chi connectivity index (χ1n) is 6.58. The van der Waals surface area contributed by atoms with Crippen LogP contribution in [0.4, 0.5) is 5.69 Å². The number of rotatable bonds is 4. The van der Waals surface area contributed by atoms with Crippen LogP contribution in [-0.2, 0) is 9.84 Å². The highest BCUT2D eigenvalue weighted by Crippen LogP contribution is 2.32. The molecule has 0 amide bonds. The molecule has 0 aromatic heterocycles. The van der Waals surface area contributed by atoms with Gasteiger partial charge in [-0.15, -0.1) is 0 Å². The summed E-state index contributed by atoms with van der Waals surface area (Å²) in [5.41, 5.74) is 6.42. The molecule has 8 heteroatoms. The second kappa shape index (κ2) is 6.66. The molecule has 1 aromatic rings. The van der Waals surface area contributed by atoms with Gasteiger partial charge in [0.2, 0.25) is 0 Å². The molecule has 0 saturated heterocycles. The van der Waals surface area contributed by atoms with Crippen molar-refractivity contribution in [1.82, 2.24) is 0 Å². The van der Waals surface area contributed by atoms with E-state index in [1.54, 1.807) is 18.2 Å². The fourth-order valence-corrected chi connectivity index (χ4v) is 2.18. The van der Waals surface area contributed by atoms with E-state index in [0.717, 1.165) is 12.7 Å². The average molecular weight is 313 g/mol. The Morgan fingerprint density at radius 2 is 2.05 bits per heavy atom. The van der Waals surface area contributed by atoms with Gasteiger partial charge in [0, 0.05) is 24.4 Å². The second-order valence-electron chi connectivity index (χ2n) is 4.73. The van der Waals surface area contributed by atoms with Gasteiger partial charge in [0.1, 0.15) is 9.84 Å². The molecular formula is C13H19N3O4S.